The van der Waals surface area contributed by atoms with E-state index < -0.39 is 10.0 Å². The van der Waals surface area contributed by atoms with E-state index in [0.29, 0.717) is 28.7 Å². The van der Waals surface area contributed by atoms with Gasteiger partial charge in [-0.25, -0.2) is 8.42 Å². The van der Waals surface area contributed by atoms with E-state index in [4.69, 9.17) is 23.2 Å². The number of sulfonamides is 1. The molecule has 0 bridgehead atoms. The average Bonchev–Trinajstić information content (AvgIpc) is 2.91. The lowest BCUT2D eigenvalue weighted by Gasteiger charge is -2.35. The van der Waals surface area contributed by atoms with E-state index >= 15 is 0 Å². The molecule has 0 spiro atoms. The fourth-order valence-corrected chi connectivity index (χ4v) is 6.09. The molecular weight excluding hydrogens is 541 g/mol. The van der Waals surface area contributed by atoms with Gasteiger partial charge in [-0.05, 0) is 42.3 Å². The highest BCUT2D eigenvalue weighted by molar-refractivity contribution is 7.89. The zero-order chi connectivity index (χ0) is 27.1. The first kappa shape index (κ1) is 28.3. The predicted octanol–water partition coefficient (Wildman–Crippen LogP) is 5.35. The Hall–Kier alpha value is -2.68. The Morgan fingerprint density at radius 3 is 2.29 bits per heavy atom. The number of carbonyl (C=O) groups excluding carboxylic acids is 1. The molecule has 1 aliphatic rings. The second-order valence-electron chi connectivity index (χ2n) is 9.32. The Labute approximate surface area is 235 Å². The zero-order valence-corrected chi connectivity index (χ0v) is 23.6. The molecule has 1 aliphatic heterocycles. The molecule has 200 valence electrons. The van der Waals surface area contributed by atoms with Crippen molar-refractivity contribution in [1.29, 1.82) is 0 Å². The maximum atomic E-state index is 13.6. The number of benzene rings is 3. The molecule has 0 unspecified atom stereocenters. The zero-order valence-electron chi connectivity index (χ0n) is 21.3. The number of hydrogen-bond acceptors (Lipinski definition) is 4. The van der Waals surface area contributed by atoms with Crippen LogP contribution >= 0.6 is 23.2 Å². The molecule has 0 atom stereocenters. The number of rotatable bonds is 9. The molecule has 0 aromatic heterocycles. The van der Waals surface area contributed by atoms with E-state index in [1.165, 1.54) is 4.31 Å². The molecule has 1 saturated heterocycles. The molecule has 6 nitrogen and oxygen atoms in total. The monoisotopic (exact) mass is 571 g/mol. The molecule has 1 heterocycles. The third-order valence-electron chi connectivity index (χ3n) is 6.53. The Bertz CT molecular complexity index is 1370. The van der Waals surface area contributed by atoms with Crippen molar-refractivity contribution >= 4 is 45.2 Å². The van der Waals surface area contributed by atoms with Crippen molar-refractivity contribution < 1.29 is 13.2 Å². The summed E-state index contributed by atoms with van der Waals surface area (Å²) in [5.41, 5.74) is 2.68. The van der Waals surface area contributed by atoms with E-state index in [9.17, 15) is 13.2 Å². The molecule has 9 heteroatoms. The van der Waals surface area contributed by atoms with Gasteiger partial charge in [0.05, 0.1) is 11.4 Å². The topological polar surface area (TPSA) is 60.9 Å². The summed E-state index contributed by atoms with van der Waals surface area (Å²) in [5, 5.41) is 0.811. The highest BCUT2D eigenvalue weighted by atomic mass is 35.5. The van der Waals surface area contributed by atoms with Crippen LogP contribution in [0.1, 0.15) is 16.7 Å². The fourth-order valence-electron chi connectivity index (χ4n) is 4.26. The van der Waals surface area contributed by atoms with Gasteiger partial charge < -0.3 is 4.90 Å². The molecular formula is C29H31Cl2N3O3S. The van der Waals surface area contributed by atoms with Crippen LogP contribution in [-0.4, -0.2) is 67.7 Å². The van der Waals surface area contributed by atoms with Crippen LogP contribution in [0.4, 0.5) is 0 Å². The van der Waals surface area contributed by atoms with Gasteiger partial charge in [-0.1, -0.05) is 89.4 Å². The smallest absolute Gasteiger partial charge is 0.243 e. The van der Waals surface area contributed by atoms with Gasteiger partial charge in [-0.15, -0.1) is 0 Å². The minimum absolute atomic E-state index is 0.0395. The van der Waals surface area contributed by atoms with E-state index in [0.717, 1.165) is 30.8 Å². The Kier molecular flexibility index (Phi) is 9.63. The molecule has 0 N–H and O–H groups in total. The highest BCUT2D eigenvalue weighted by Crippen LogP contribution is 2.25. The average molecular weight is 573 g/mol. The summed E-state index contributed by atoms with van der Waals surface area (Å²) >= 11 is 12.4. The van der Waals surface area contributed by atoms with E-state index in [1.807, 2.05) is 25.1 Å². The summed E-state index contributed by atoms with van der Waals surface area (Å²) in [6.07, 6.45) is 4.21. The third kappa shape index (κ3) is 7.46. The number of hydrogen-bond donors (Lipinski definition) is 0. The van der Waals surface area contributed by atoms with Crippen LogP contribution in [0.5, 0.6) is 0 Å². The van der Waals surface area contributed by atoms with Gasteiger partial charge in [0.1, 0.15) is 0 Å². The second-order valence-corrected chi connectivity index (χ2v) is 12.1. The SMILES string of the molecule is Cc1ccc(S(=O)(=O)N(CC(=O)N2CCN(C/C=C/c3ccccc3)CC2)Cc2ccc(Cl)cc2Cl)cc1. The van der Waals surface area contributed by atoms with Crippen LogP contribution in [0.2, 0.25) is 10.0 Å². The van der Waals surface area contributed by atoms with E-state index in [2.05, 4.69) is 29.2 Å². The Morgan fingerprint density at radius 2 is 1.63 bits per heavy atom. The van der Waals surface area contributed by atoms with Crippen molar-refractivity contribution in [2.45, 2.75) is 18.4 Å². The largest absolute Gasteiger partial charge is 0.339 e. The molecule has 38 heavy (non-hydrogen) atoms. The summed E-state index contributed by atoms with van der Waals surface area (Å²) in [6.45, 7) is 4.89. The van der Waals surface area contributed by atoms with Gasteiger partial charge in [0, 0.05) is 49.3 Å². The van der Waals surface area contributed by atoms with E-state index in [-0.39, 0.29) is 23.9 Å². The molecule has 0 saturated carbocycles. The number of aryl methyl sites for hydroxylation is 1. The van der Waals surface area contributed by atoms with Crippen LogP contribution < -0.4 is 0 Å². The van der Waals surface area contributed by atoms with Crippen molar-refractivity contribution in [2.75, 3.05) is 39.3 Å². The van der Waals surface area contributed by atoms with Crippen LogP contribution in [-0.2, 0) is 21.4 Å². The summed E-state index contributed by atoms with van der Waals surface area (Å²) < 4.78 is 28.4. The number of nitrogens with zero attached hydrogens (tertiary/aromatic N) is 3. The van der Waals surface area contributed by atoms with E-state index in [1.54, 1.807) is 47.4 Å². The van der Waals surface area contributed by atoms with Gasteiger partial charge in [0.25, 0.3) is 0 Å². The van der Waals surface area contributed by atoms with Crippen molar-refractivity contribution in [3.63, 3.8) is 0 Å². The van der Waals surface area contributed by atoms with Gasteiger partial charge in [0.15, 0.2) is 0 Å². The summed E-state index contributed by atoms with van der Waals surface area (Å²) in [7, 11) is -3.95. The van der Waals surface area contributed by atoms with Gasteiger partial charge in [-0.2, -0.15) is 4.31 Å². The lowest BCUT2D eigenvalue weighted by atomic mass is 10.2. The van der Waals surface area contributed by atoms with Gasteiger partial charge in [0.2, 0.25) is 15.9 Å². The second kappa shape index (κ2) is 12.9. The Balaban J connectivity index is 1.43. The first-order valence-electron chi connectivity index (χ1n) is 12.4. The molecule has 4 rings (SSSR count). The van der Waals surface area contributed by atoms with Crippen LogP contribution in [0.25, 0.3) is 6.08 Å². The summed E-state index contributed by atoms with van der Waals surface area (Å²) in [6, 6.07) is 21.7. The summed E-state index contributed by atoms with van der Waals surface area (Å²) in [4.78, 5) is 17.5. The predicted molar refractivity (Wildman–Crippen MR) is 154 cm³/mol. The van der Waals surface area contributed by atoms with Crippen molar-refractivity contribution in [1.82, 2.24) is 14.1 Å². The molecule has 0 radical (unpaired) electrons. The fraction of sp³-hybridized carbons (Fsp3) is 0.276. The quantitative estimate of drug-likeness (QED) is 0.347. The first-order valence-corrected chi connectivity index (χ1v) is 14.6. The highest BCUT2D eigenvalue weighted by Gasteiger charge is 2.30. The molecule has 1 fully saturated rings. The summed E-state index contributed by atoms with van der Waals surface area (Å²) in [5.74, 6) is -0.231. The number of halogens is 2. The lowest BCUT2D eigenvalue weighted by molar-refractivity contribution is -0.133. The molecule has 3 aromatic carbocycles. The van der Waals surface area contributed by atoms with Crippen molar-refractivity contribution in [3.05, 3.63) is 106 Å². The van der Waals surface area contributed by atoms with Crippen LogP contribution in [0.3, 0.4) is 0 Å². The minimum atomic E-state index is -3.95. The lowest BCUT2D eigenvalue weighted by Crippen LogP contribution is -2.51. The number of piperazine rings is 1. The van der Waals surface area contributed by atoms with Gasteiger partial charge >= 0.3 is 0 Å². The first-order chi connectivity index (χ1) is 18.2. The maximum absolute atomic E-state index is 13.6. The van der Waals surface area contributed by atoms with Gasteiger partial charge in [-0.3, -0.25) is 9.69 Å². The molecule has 3 aromatic rings. The number of carbonyl (C=O) groups is 1. The normalized spacial score (nSPS) is 14.9. The minimum Gasteiger partial charge on any atom is -0.339 e. The van der Waals surface area contributed by atoms with Crippen molar-refractivity contribution in [2.24, 2.45) is 0 Å². The van der Waals surface area contributed by atoms with Crippen molar-refractivity contribution in [3.8, 4) is 0 Å². The maximum Gasteiger partial charge on any atom is 0.243 e. The standard InChI is InChI=1S/C29H31Cl2N3O3S/c1-23-9-13-27(14-10-23)38(36,37)34(21-25-11-12-26(30)20-28(25)31)22-29(35)33-18-16-32(17-19-33)15-5-8-24-6-3-2-4-7-24/h2-14,20H,15-19,21-22H2,1H3/b8-5+. The third-order valence-corrected chi connectivity index (χ3v) is 8.92. The Morgan fingerprint density at radius 1 is 0.947 bits per heavy atom. The van der Waals surface area contributed by atoms with Crippen LogP contribution in [0.15, 0.2) is 83.8 Å². The van der Waals surface area contributed by atoms with Crippen LogP contribution in [0, 0.1) is 6.92 Å². The number of amides is 1. The molecule has 1 amide bonds. The molecule has 0 aliphatic carbocycles.